The number of benzene rings is 2. The van der Waals surface area contributed by atoms with Crippen LogP contribution in [0, 0.1) is 0 Å². The molecule has 2 aromatic rings. The number of anilines is 2. The van der Waals surface area contributed by atoms with Gasteiger partial charge in [-0.15, -0.1) is 0 Å². The van der Waals surface area contributed by atoms with E-state index in [1.54, 1.807) is 24.3 Å². The lowest BCUT2D eigenvalue weighted by molar-refractivity contribution is -0.120. The predicted molar refractivity (Wildman–Crippen MR) is 108 cm³/mol. The molecular weight excluding hydrogens is 340 g/mol. The molecule has 0 spiro atoms. The molecule has 0 aliphatic rings. The fourth-order valence-corrected chi connectivity index (χ4v) is 3.00. The van der Waals surface area contributed by atoms with Crippen molar-refractivity contribution in [2.24, 2.45) is 0 Å². The smallest absolute Gasteiger partial charge is 0.244 e. The molecule has 0 bridgehead atoms. The summed E-state index contributed by atoms with van der Waals surface area (Å²) in [4.78, 5) is 37.8. The van der Waals surface area contributed by atoms with Crippen molar-refractivity contribution in [1.29, 1.82) is 0 Å². The first kappa shape index (κ1) is 20.4. The number of hydrogen-bond donors (Lipinski definition) is 1. The third-order valence-electron chi connectivity index (χ3n) is 4.51. The van der Waals surface area contributed by atoms with Crippen LogP contribution in [0.1, 0.15) is 49.2 Å². The second kappa shape index (κ2) is 9.12. The predicted octanol–water partition coefficient (Wildman–Crippen LogP) is 4.01. The zero-order valence-corrected chi connectivity index (χ0v) is 16.3. The number of rotatable bonds is 7. The topological polar surface area (TPSA) is 66.5 Å². The van der Waals surface area contributed by atoms with Crippen LogP contribution in [0.2, 0.25) is 0 Å². The maximum Gasteiger partial charge on any atom is 0.244 e. The summed E-state index contributed by atoms with van der Waals surface area (Å²) in [6.45, 7) is 6.85. The van der Waals surface area contributed by atoms with E-state index in [4.69, 9.17) is 0 Å². The van der Waals surface area contributed by atoms with Crippen molar-refractivity contribution in [1.82, 2.24) is 0 Å². The van der Waals surface area contributed by atoms with E-state index in [0.29, 0.717) is 11.3 Å². The first-order valence-electron chi connectivity index (χ1n) is 9.17. The molecule has 0 radical (unpaired) electrons. The van der Waals surface area contributed by atoms with Gasteiger partial charge < -0.3 is 10.2 Å². The quantitative estimate of drug-likeness (QED) is 0.753. The summed E-state index contributed by atoms with van der Waals surface area (Å²) in [7, 11) is 0. The van der Waals surface area contributed by atoms with Gasteiger partial charge in [-0.3, -0.25) is 14.4 Å². The first-order chi connectivity index (χ1) is 12.9. The highest BCUT2D eigenvalue weighted by Crippen LogP contribution is 2.23. The molecule has 0 fully saturated rings. The van der Waals surface area contributed by atoms with Crippen molar-refractivity contribution >= 4 is 29.0 Å². The van der Waals surface area contributed by atoms with Crippen LogP contribution in [0.3, 0.4) is 0 Å². The van der Waals surface area contributed by atoms with E-state index in [-0.39, 0.29) is 24.1 Å². The SMILES string of the molecule is CCc1cccc(CC)c1NC(=O)CN(C(C)=O)c1cccc(C(C)=O)c1. The molecule has 0 saturated heterocycles. The Labute approximate surface area is 160 Å². The van der Waals surface area contributed by atoms with E-state index in [1.165, 1.54) is 18.7 Å². The van der Waals surface area contributed by atoms with Gasteiger partial charge in [-0.05, 0) is 43.0 Å². The number of carbonyl (C=O) groups is 3. The maximum atomic E-state index is 12.7. The van der Waals surface area contributed by atoms with E-state index < -0.39 is 0 Å². The third kappa shape index (κ3) is 5.03. The second-order valence-electron chi connectivity index (χ2n) is 6.42. The van der Waals surface area contributed by atoms with E-state index in [0.717, 1.165) is 29.7 Å². The van der Waals surface area contributed by atoms with Crippen molar-refractivity contribution in [3.05, 3.63) is 59.2 Å². The minimum Gasteiger partial charge on any atom is -0.324 e. The van der Waals surface area contributed by atoms with Crippen molar-refractivity contribution in [3.63, 3.8) is 0 Å². The van der Waals surface area contributed by atoms with Gasteiger partial charge in [0.25, 0.3) is 0 Å². The highest BCUT2D eigenvalue weighted by atomic mass is 16.2. The summed E-state index contributed by atoms with van der Waals surface area (Å²) in [5, 5.41) is 2.97. The number of hydrogen-bond acceptors (Lipinski definition) is 3. The fraction of sp³-hybridized carbons (Fsp3) is 0.318. The number of nitrogens with zero attached hydrogens (tertiary/aromatic N) is 1. The minimum absolute atomic E-state index is 0.0886. The average Bonchev–Trinajstić information content (AvgIpc) is 2.66. The van der Waals surface area contributed by atoms with Crippen molar-refractivity contribution < 1.29 is 14.4 Å². The molecule has 2 rings (SSSR count). The van der Waals surface area contributed by atoms with Crippen LogP contribution in [0.4, 0.5) is 11.4 Å². The Morgan fingerprint density at radius 2 is 1.52 bits per heavy atom. The maximum absolute atomic E-state index is 12.7. The molecule has 5 heteroatoms. The van der Waals surface area contributed by atoms with Crippen LogP contribution in [-0.4, -0.2) is 24.1 Å². The highest BCUT2D eigenvalue weighted by Gasteiger charge is 2.18. The van der Waals surface area contributed by atoms with Gasteiger partial charge in [0.2, 0.25) is 11.8 Å². The van der Waals surface area contributed by atoms with Gasteiger partial charge in [0.1, 0.15) is 6.54 Å². The summed E-state index contributed by atoms with van der Waals surface area (Å²) in [5.74, 6) is -0.617. The number of para-hydroxylation sites is 1. The zero-order chi connectivity index (χ0) is 20.0. The molecule has 5 nitrogen and oxygen atoms in total. The van der Waals surface area contributed by atoms with E-state index in [1.807, 2.05) is 32.0 Å². The Balaban J connectivity index is 2.26. The van der Waals surface area contributed by atoms with Crippen LogP contribution in [0.15, 0.2) is 42.5 Å². The van der Waals surface area contributed by atoms with Gasteiger partial charge in [0.05, 0.1) is 0 Å². The summed E-state index contributed by atoms with van der Waals surface area (Å²) in [6.07, 6.45) is 1.61. The lowest BCUT2D eigenvalue weighted by Gasteiger charge is -2.22. The normalized spacial score (nSPS) is 10.4. The number of nitrogens with one attached hydrogen (secondary N) is 1. The van der Waals surface area contributed by atoms with Crippen LogP contribution in [0.5, 0.6) is 0 Å². The van der Waals surface area contributed by atoms with Crippen LogP contribution >= 0.6 is 0 Å². The van der Waals surface area contributed by atoms with Gasteiger partial charge in [0.15, 0.2) is 5.78 Å². The molecule has 2 aromatic carbocycles. The van der Waals surface area contributed by atoms with E-state index in [2.05, 4.69) is 5.32 Å². The van der Waals surface area contributed by atoms with Gasteiger partial charge >= 0.3 is 0 Å². The minimum atomic E-state index is -0.269. The lowest BCUT2D eigenvalue weighted by Crippen LogP contribution is -2.37. The molecule has 0 aliphatic carbocycles. The number of Topliss-reactive ketones (excluding diaryl/α,β-unsaturated/α-hetero) is 1. The molecule has 2 amide bonds. The van der Waals surface area contributed by atoms with Gasteiger partial charge in [-0.1, -0.05) is 44.2 Å². The molecule has 0 atom stereocenters. The molecule has 27 heavy (non-hydrogen) atoms. The number of amides is 2. The molecule has 0 unspecified atom stereocenters. The summed E-state index contributed by atoms with van der Waals surface area (Å²) in [6, 6.07) is 12.7. The Kier molecular flexibility index (Phi) is 6.88. The van der Waals surface area contributed by atoms with Gasteiger partial charge in [0, 0.05) is 23.9 Å². The molecule has 1 N–H and O–H groups in total. The highest BCUT2D eigenvalue weighted by molar-refractivity contribution is 6.03. The van der Waals surface area contributed by atoms with E-state index in [9.17, 15) is 14.4 Å². The Hall–Kier alpha value is -2.95. The van der Waals surface area contributed by atoms with Crippen molar-refractivity contribution in [2.45, 2.75) is 40.5 Å². The summed E-state index contributed by atoms with van der Waals surface area (Å²) < 4.78 is 0. The molecular formula is C22H26N2O3. The monoisotopic (exact) mass is 366 g/mol. The van der Waals surface area contributed by atoms with Crippen LogP contribution in [0.25, 0.3) is 0 Å². The first-order valence-corrected chi connectivity index (χ1v) is 9.17. The summed E-state index contributed by atoms with van der Waals surface area (Å²) in [5.41, 5.74) is 3.99. The third-order valence-corrected chi connectivity index (χ3v) is 4.51. The fourth-order valence-electron chi connectivity index (χ4n) is 3.00. The summed E-state index contributed by atoms with van der Waals surface area (Å²) >= 11 is 0. The second-order valence-corrected chi connectivity index (χ2v) is 6.42. The van der Waals surface area contributed by atoms with E-state index >= 15 is 0 Å². The van der Waals surface area contributed by atoms with Gasteiger partial charge in [-0.2, -0.15) is 0 Å². The van der Waals surface area contributed by atoms with Gasteiger partial charge in [-0.25, -0.2) is 0 Å². The Morgan fingerprint density at radius 1 is 0.926 bits per heavy atom. The standard InChI is InChI=1S/C22H26N2O3/c1-5-17-9-7-10-18(6-2)22(17)23-21(27)14-24(16(4)26)20-12-8-11-19(13-20)15(3)25/h7-13H,5-6,14H2,1-4H3,(H,23,27). The molecule has 0 aliphatic heterocycles. The van der Waals surface area contributed by atoms with Crippen LogP contribution in [-0.2, 0) is 22.4 Å². The molecule has 0 saturated carbocycles. The molecule has 0 aromatic heterocycles. The Bertz CT molecular complexity index is 836. The van der Waals surface area contributed by atoms with Crippen LogP contribution < -0.4 is 10.2 Å². The van der Waals surface area contributed by atoms with Crippen molar-refractivity contribution in [3.8, 4) is 0 Å². The molecule has 0 heterocycles. The lowest BCUT2D eigenvalue weighted by atomic mass is 10.0. The average molecular weight is 366 g/mol. The number of aryl methyl sites for hydroxylation is 2. The van der Waals surface area contributed by atoms with Crippen molar-refractivity contribution in [2.75, 3.05) is 16.8 Å². The largest absolute Gasteiger partial charge is 0.324 e. The molecule has 142 valence electrons. The zero-order valence-electron chi connectivity index (χ0n) is 16.3. The number of carbonyl (C=O) groups excluding carboxylic acids is 3. The number of ketones is 1. The Morgan fingerprint density at radius 3 is 2.04 bits per heavy atom.